The number of carboxylic acids is 1. The number of fused-ring (bicyclic) bond motifs is 1. The SMILES string of the molecule is CC1CCc2c(C(=O)NC3(CC(=O)O)CCOCC3)csc2C1. The summed E-state index contributed by atoms with van der Waals surface area (Å²) in [6, 6.07) is 0. The quantitative estimate of drug-likeness (QED) is 0.885. The van der Waals surface area contributed by atoms with Gasteiger partial charge in [0.1, 0.15) is 0 Å². The van der Waals surface area contributed by atoms with Crippen molar-refractivity contribution in [2.75, 3.05) is 13.2 Å². The largest absolute Gasteiger partial charge is 0.481 e. The van der Waals surface area contributed by atoms with Crippen molar-refractivity contribution in [2.24, 2.45) is 5.92 Å². The van der Waals surface area contributed by atoms with Crippen LogP contribution in [-0.2, 0) is 22.4 Å². The molecule has 1 aliphatic carbocycles. The molecular weight excluding hydrogens is 314 g/mol. The summed E-state index contributed by atoms with van der Waals surface area (Å²) in [6.45, 7) is 3.23. The van der Waals surface area contributed by atoms with Crippen LogP contribution in [0.2, 0.25) is 0 Å². The van der Waals surface area contributed by atoms with Gasteiger partial charge in [0.15, 0.2) is 0 Å². The van der Waals surface area contributed by atoms with Gasteiger partial charge in [-0.25, -0.2) is 0 Å². The van der Waals surface area contributed by atoms with Crippen molar-refractivity contribution in [3.05, 3.63) is 21.4 Å². The fourth-order valence-corrected chi connectivity index (χ4v) is 4.82. The lowest BCUT2D eigenvalue weighted by Gasteiger charge is -2.37. The van der Waals surface area contributed by atoms with Crippen LogP contribution in [-0.4, -0.2) is 35.7 Å². The van der Waals surface area contributed by atoms with Crippen molar-refractivity contribution < 1.29 is 19.4 Å². The second kappa shape index (κ2) is 6.61. The summed E-state index contributed by atoms with van der Waals surface area (Å²) in [6.07, 6.45) is 4.14. The fourth-order valence-electron chi connectivity index (χ4n) is 3.57. The molecule has 1 unspecified atom stereocenters. The zero-order chi connectivity index (χ0) is 16.4. The first-order valence-electron chi connectivity index (χ1n) is 8.20. The zero-order valence-electron chi connectivity index (χ0n) is 13.4. The van der Waals surface area contributed by atoms with Gasteiger partial charge in [0.2, 0.25) is 0 Å². The molecule has 2 N–H and O–H groups in total. The van der Waals surface area contributed by atoms with E-state index in [2.05, 4.69) is 12.2 Å². The zero-order valence-corrected chi connectivity index (χ0v) is 14.2. The molecule has 0 bridgehead atoms. The third-order valence-electron chi connectivity index (χ3n) is 4.96. The van der Waals surface area contributed by atoms with Crippen LogP contribution in [0.15, 0.2) is 5.38 Å². The predicted molar refractivity (Wildman–Crippen MR) is 88.0 cm³/mol. The van der Waals surface area contributed by atoms with E-state index in [1.54, 1.807) is 11.3 Å². The predicted octanol–water partition coefficient (Wildman–Crippen LogP) is 2.63. The van der Waals surface area contributed by atoms with Crippen LogP contribution in [0.1, 0.15) is 53.4 Å². The van der Waals surface area contributed by atoms with Gasteiger partial charge in [-0.05, 0) is 43.6 Å². The number of carbonyl (C=O) groups excluding carboxylic acids is 1. The first-order chi connectivity index (χ1) is 11.0. The van der Waals surface area contributed by atoms with E-state index in [1.165, 1.54) is 10.4 Å². The molecule has 0 saturated carbocycles. The van der Waals surface area contributed by atoms with Crippen LogP contribution in [0.3, 0.4) is 0 Å². The number of nitrogens with one attached hydrogen (secondary N) is 1. The van der Waals surface area contributed by atoms with Gasteiger partial charge in [-0.15, -0.1) is 11.3 Å². The molecule has 3 rings (SSSR count). The van der Waals surface area contributed by atoms with E-state index < -0.39 is 11.5 Å². The van der Waals surface area contributed by atoms with Crippen LogP contribution in [0.5, 0.6) is 0 Å². The summed E-state index contributed by atoms with van der Waals surface area (Å²) in [4.78, 5) is 25.3. The van der Waals surface area contributed by atoms with Crippen LogP contribution >= 0.6 is 11.3 Å². The molecule has 23 heavy (non-hydrogen) atoms. The number of rotatable bonds is 4. The molecule has 1 saturated heterocycles. The average Bonchev–Trinajstić information content (AvgIpc) is 2.90. The van der Waals surface area contributed by atoms with Gasteiger partial charge in [-0.1, -0.05) is 6.92 Å². The number of aliphatic carboxylic acids is 1. The summed E-state index contributed by atoms with van der Waals surface area (Å²) >= 11 is 1.66. The third kappa shape index (κ3) is 3.58. The van der Waals surface area contributed by atoms with Crippen LogP contribution in [0.25, 0.3) is 0 Å². The minimum Gasteiger partial charge on any atom is -0.481 e. The topological polar surface area (TPSA) is 75.6 Å². The molecule has 0 radical (unpaired) electrons. The Balaban J connectivity index is 1.78. The standard InChI is InChI=1S/C17H23NO4S/c1-11-2-3-12-13(10-23-14(12)8-11)16(21)18-17(9-15(19)20)4-6-22-7-5-17/h10-11H,2-9H2,1H3,(H,18,21)(H,19,20). The molecule has 2 aliphatic rings. The third-order valence-corrected chi connectivity index (χ3v) is 6.02. The van der Waals surface area contributed by atoms with Crippen molar-refractivity contribution in [1.82, 2.24) is 5.32 Å². The molecule has 1 aromatic rings. The van der Waals surface area contributed by atoms with Crippen LogP contribution in [0.4, 0.5) is 0 Å². The van der Waals surface area contributed by atoms with Crippen molar-refractivity contribution in [1.29, 1.82) is 0 Å². The highest BCUT2D eigenvalue weighted by atomic mass is 32.1. The van der Waals surface area contributed by atoms with E-state index in [-0.39, 0.29) is 12.3 Å². The van der Waals surface area contributed by atoms with E-state index in [1.807, 2.05) is 5.38 Å². The summed E-state index contributed by atoms with van der Waals surface area (Å²) in [5, 5.41) is 14.2. The Morgan fingerprint density at radius 2 is 2.17 bits per heavy atom. The highest BCUT2D eigenvalue weighted by Crippen LogP contribution is 2.33. The van der Waals surface area contributed by atoms with E-state index in [4.69, 9.17) is 4.74 Å². The van der Waals surface area contributed by atoms with E-state index in [9.17, 15) is 14.7 Å². The normalized spacial score (nSPS) is 23.1. The second-order valence-corrected chi connectivity index (χ2v) is 7.78. The number of ether oxygens (including phenoxy) is 1. The number of hydrogen-bond acceptors (Lipinski definition) is 4. The van der Waals surface area contributed by atoms with Gasteiger partial charge in [-0.3, -0.25) is 9.59 Å². The number of carboxylic acid groups (broad SMARTS) is 1. The monoisotopic (exact) mass is 337 g/mol. The first-order valence-corrected chi connectivity index (χ1v) is 9.08. The molecule has 0 spiro atoms. The van der Waals surface area contributed by atoms with Gasteiger partial charge in [0.25, 0.3) is 5.91 Å². The summed E-state index contributed by atoms with van der Waals surface area (Å²) in [7, 11) is 0. The lowest BCUT2D eigenvalue weighted by molar-refractivity contribution is -0.139. The van der Waals surface area contributed by atoms with Gasteiger partial charge in [0, 0.05) is 23.5 Å². The lowest BCUT2D eigenvalue weighted by atomic mass is 9.85. The first kappa shape index (κ1) is 16.5. The molecule has 1 aliphatic heterocycles. The molecule has 0 aromatic carbocycles. The minimum atomic E-state index is -0.881. The summed E-state index contributed by atoms with van der Waals surface area (Å²) in [5.41, 5.74) is 1.23. The molecule has 1 atom stereocenters. The summed E-state index contributed by atoms with van der Waals surface area (Å²) < 4.78 is 5.34. The Morgan fingerprint density at radius 1 is 1.43 bits per heavy atom. The van der Waals surface area contributed by atoms with Gasteiger partial charge in [-0.2, -0.15) is 0 Å². The Morgan fingerprint density at radius 3 is 2.87 bits per heavy atom. The Kier molecular flexibility index (Phi) is 4.73. The Labute approximate surface area is 140 Å². The highest BCUT2D eigenvalue weighted by molar-refractivity contribution is 7.10. The van der Waals surface area contributed by atoms with Crippen LogP contribution < -0.4 is 5.32 Å². The van der Waals surface area contributed by atoms with Crippen molar-refractivity contribution in [3.8, 4) is 0 Å². The maximum atomic E-state index is 12.8. The van der Waals surface area contributed by atoms with E-state index >= 15 is 0 Å². The summed E-state index contributed by atoms with van der Waals surface area (Å²) in [5.74, 6) is -0.334. The molecule has 5 nitrogen and oxygen atoms in total. The van der Waals surface area contributed by atoms with E-state index in [0.717, 1.165) is 24.8 Å². The lowest BCUT2D eigenvalue weighted by Crippen LogP contribution is -2.53. The van der Waals surface area contributed by atoms with Crippen molar-refractivity contribution in [3.63, 3.8) is 0 Å². The second-order valence-electron chi connectivity index (χ2n) is 6.82. The van der Waals surface area contributed by atoms with Crippen molar-refractivity contribution >= 4 is 23.2 Å². The molecular formula is C17H23NO4S. The van der Waals surface area contributed by atoms with E-state index in [0.29, 0.717) is 32.0 Å². The minimum absolute atomic E-state index is 0.0501. The number of amides is 1. The molecule has 1 amide bonds. The smallest absolute Gasteiger partial charge is 0.305 e. The molecule has 126 valence electrons. The molecule has 6 heteroatoms. The number of thiophene rings is 1. The maximum absolute atomic E-state index is 12.8. The average molecular weight is 337 g/mol. The highest BCUT2D eigenvalue weighted by Gasteiger charge is 2.37. The molecule has 1 aromatic heterocycles. The van der Waals surface area contributed by atoms with Gasteiger partial charge < -0.3 is 15.2 Å². The Hall–Kier alpha value is -1.40. The van der Waals surface area contributed by atoms with Crippen molar-refractivity contribution in [2.45, 2.75) is 51.0 Å². The fraction of sp³-hybridized carbons (Fsp3) is 0.647. The molecule has 2 heterocycles. The Bertz CT molecular complexity index is 604. The van der Waals surface area contributed by atoms with Crippen LogP contribution in [0, 0.1) is 5.92 Å². The molecule has 1 fully saturated rings. The maximum Gasteiger partial charge on any atom is 0.305 e. The van der Waals surface area contributed by atoms with Gasteiger partial charge >= 0.3 is 5.97 Å². The van der Waals surface area contributed by atoms with Gasteiger partial charge in [0.05, 0.1) is 17.5 Å². The number of hydrogen-bond donors (Lipinski definition) is 2. The number of carbonyl (C=O) groups is 2.